The first kappa shape index (κ1) is 46.0. The Hall–Kier alpha value is -5.34. The quantitative estimate of drug-likeness (QED) is 0.108. The van der Waals surface area contributed by atoms with Crippen LogP contribution in [0, 0.1) is 22.7 Å². The number of ketones is 3. The maximum Gasteiger partial charge on any atom is 0.226 e. The standard InChI is InChI=1S/C41H53N7O7.C2H6/c1-24-16-35(52)38(48(5)40(54)27(12-13-42)20-34(51)28-21-45-23-46-22-28)26-7-10-36(55-15-14-43)30(19-26)29-17-25(6-8-32(29)49)18-31(47-39(24)53)33(50)9-11-37(44)41(2,3)4;1-2/h6-8,10,17,19,21-24,27,31,38,44,49H,9,11-16,18,20,42-43H2,1-5H3,(H,47,53);1-2H3/t24-,27-,31+,38+;/m0./s1. The number of carbonyl (C=O) groups excluding carboxylic acids is 5. The number of ether oxygens (including phenoxy) is 1. The molecule has 308 valence electrons. The summed E-state index contributed by atoms with van der Waals surface area (Å²) in [5.41, 5.74) is 13.6. The highest BCUT2D eigenvalue weighted by Crippen LogP contribution is 2.40. The fraction of sp³-hybridized carbons (Fsp3) is 0.488. The summed E-state index contributed by atoms with van der Waals surface area (Å²) in [4.78, 5) is 78.4. The number of amides is 2. The molecular weight excluding hydrogens is 727 g/mol. The number of nitrogens with two attached hydrogens (primary N) is 2. The van der Waals surface area contributed by atoms with E-state index in [-0.39, 0.29) is 81.1 Å². The molecule has 7 N–H and O–H groups in total. The number of likely N-dealkylation sites (N-methyl/N-ethyl adjacent to an activating group) is 1. The molecule has 1 aromatic heterocycles. The summed E-state index contributed by atoms with van der Waals surface area (Å²) >= 11 is 0. The van der Waals surface area contributed by atoms with Crippen LogP contribution >= 0.6 is 0 Å². The van der Waals surface area contributed by atoms with Gasteiger partial charge in [0, 0.05) is 73.9 Å². The van der Waals surface area contributed by atoms with E-state index in [1.807, 2.05) is 34.6 Å². The molecule has 0 radical (unpaired) electrons. The van der Waals surface area contributed by atoms with E-state index in [1.54, 1.807) is 37.3 Å². The van der Waals surface area contributed by atoms with Crippen LogP contribution < -0.4 is 21.5 Å². The van der Waals surface area contributed by atoms with Gasteiger partial charge in [-0.1, -0.05) is 53.7 Å². The number of phenolic OH excluding ortho intramolecular Hbond substituents is 1. The van der Waals surface area contributed by atoms with Crippen LogP contribution in [0.4, 0.5) is 0 Å². The Balaban J connectivity index is 0.00000428. The number of nitrogens with zero attached hydrogens (tertiary/aromatic N) is 3. The van der Waals surface area contributed by atoms with Gasteiger partial charge in [0.2, 0.25) is 11.8 Å². The van der Waals surface area contributed by atoms with Gasteiger partial charge in [-0.15, -0.1) is 0 Å². The Labute approximate surface area is 335 Å². The Kier molecular flexibility index (Phi) is 17.2. The van der Waals surface area contributed by atoms with Crippen LogP contribution in [-0.4, -0.2) is 87.6 Å². The number of carbonyl (C=O) groups is 5. The SMILES string of the molecule is CC.C[C@H]1CC(=O)[C@H](N(C)C(=O)[C@@H](CCN)CC(=O)c2cncnc2)c2ccc(OCCN)c(c2)-c2cc(ccc2O)C[C@H](C(=O)CCC(=N)C(C)(C)C)NC1=O. The van der Waals surface area contributed by atoms with Crippen molar-refractivity contribution >= 4 is 34.9 Å². The molecule has 0 aliphatic carbocycles. The summed E-state index contributed by atoms with van der Waals surface area (Å²) in [6.07, 6.45) is 4.04. The van der Waals surface area contributed by atoms with Gasteiger partial charge in [-0.05, 0) is 66.6 Å². The second-order valence-corrected chi connectivity index (χ2v) is 15.2. The number of hydrogen-bond acceptors (Lipinski definition) is 12. The predicted molar refractivity (Wildman–Crippen MR) is 219 cm³/mol. The average molecular weight is 786 g/mol. The summed E-state index contributed by atoms with van der Waals surface area (Å²) in [6.45, 7) is 11.7. The topological polar surface area (TPSA) is 232 Å². The molecule has 14 nitrogen and oxygen atoms in total. The van der Waals surface area contributed by atoms with Crippen LogP contribution in [0.3, 0.4) is 0 Å². The molecule has 2 aromatic carbocycles. The smallest absolute Gasteiger partial charge is 0.226 e. The molecule has 0 spiro atoms. The van der Waals surface area contributed by atoms with Gasteiger partial charge in [0.25, 0.3) is 0 Å². The van der Waals surface area contributed by atoms with E-state index >= 15 is 0 Å². The molecule has 3 aromatic rings. The van der Waals surface area contributed by atoms with Gasteiger partial charge >= 0.3 is 0 Å². The van der Waals surface area contributed by atoms with E-state index < -0.39 is 46.9 Å². The molecule has 0 saturated heterocycles. The zero-order valence-electron chi connectivity index (χ0n) is 34.3. The monoisotopic (exact) mass is 785 g/mol. The molecule has 4 rings (SSSR count). The fourth-order valence-electron chi connectivity index (χ4n) is 6.59. The van der Waals surface area contributed by atoms with Crippen LogP contribution in [0.5, 0.6) is 11.5 Å². The van der Waals surface area contributed by atoms with Crippen LogP contribution in [0.2, 0.25) is 0 Å². The highest BCUT2D eigenvalue weighted by atomic mass is 16.5. The van der Waals surface area contributed by atoms with Gasteiger partial charge in [-0.25, -0.2) is 9.97 Å². The summed E-state index contributed by atoms with van der Waals surface area (Å²) in [7, 11) is 1.47. The zero-order chi connectivity index (χ0) is 42.4. The number of rotatable bonds is 14. The Morgan fingerprint density at radius 1 is 1.00 bits per heavy atom. The highest BCUT2D eigenvalue weighted by molar-refractivity contribution is 6.00. The second-order valence-electron chi connectivity index (χ2n) is 15.2. The van der Waals surface area contributed by atoms with E-state index in [4.69, 9.17) is 21.6 Å². The van der Waals surface area contributed by atoms with Crippen LogP contribution in [0.15, 0.2) is 55.1 Å². The van der Waals surface area contributed by atoms with Gasteiger partial charge in [0.15, 0.2) is 17.3 Å². The molecule has 2 heterocycles. The lowest BCUT2D eigenvalue weighted by Crippen LogP contribution is -2.46. The molecule has 1 aliphatic rings. The summed E-state index contributed by atoms with van der Waals surface area (Å²) in [6, 6.07) is 7.59. The molecular formula is C43H59N7O7. The van der Waals surface area contributed by atoms with Gasteiger partial charge in [-0.3, -0.25) is 24.0 Å². The van der Waals surface area contributed by atoms with Crippen molar-refractivity contribution in [3.63, 3.8) is 0 Å². The minimum Gasteiger partial charge on any atom is -0.507 e. The number of aromatic hydroxyl groups is 1. The van der Waals surface area contributed by atoms with Crippen molar-refractivity contribution in [1.29, 1.82) is 5.41 Å². The van der Waals surface area contributed by atoms with E-state index in [0.717, 1.165) is 0 Å². The lowest BCUT2D eigenvalue weighted by molar-refractivity contribution is -0.142. The minimum atomic E-state index is -1.23. The van der Waals surface area contributed by atoms with Crippen molar-refractivity contribution in [2.24, 2.45) is 28.7 Å². The summed E-state index contributed by atoms with van der Waals surface area (Å²) in [5.74, 6) is -3.66. The third-order valence-corrected chi connectivity index (χ3v) is 9.89. The van der Waals surface area contributed by atoms with E-state index in [2.05, 4.69) is 15.3 Å². The Bertz CT molecular complexity index is 1890. The summed E-state index contributed by atoms with van der Waals surface area (Å²) < 4.78 is 5.99. The van der Waals surface area contributed by atoms with Gasteiger partial charge in [-0.2, -0.15) is 0 Å². The molecule has 14 heteroatoms. The minimum absolute atomic E-state index is 0.0250. The normalized spacial score (nSPS) is 17.5. The van der Waals surface area contributed by atoms with Crippen LogP contribution in [0.25, 0.3) is 11.1 Å². The number of phenols is 1. The number of hydrogen-bond donors (Lipinski definition) is 5. The lowest BCUT2D eigenvalue weighted by atomic mass is 9.86. The predicted octanol–water partition coefficient (Wildman–Crippen LogP) is 5.00. The molecule has 0 saturated carbocycles. The molecule has 0 unspecified atom stereocenters. The zero-order valence-corrected chi connectivity index (χ0v) is 34.3. The molecule has 4 bridgehead atoms. The van der Waals surface area contributed by atoms with Crippen molar-refractivity contribution in [3.8, 4) is 22.6 Å². The van der Waals surface area contributed by atoms with Crippen molar-refractivity contribution in [3.05, 3.63) is 71.8 Å². The molecule has 1 aliphatic heterocycles. The number of fused-ring (bicyclic) bond motifs is 5. The summed E-state index contributed by atoms with van der Waals surface area (Å²) in [5, 5.41) is 22.5. The Morgan fingerprint density at radius 3 is 2.32 bits per heavy atom. The number of aromatic nitrogens is 2. The van der Waals surface area contributed by atoms with Crippen molar-refractivity contribution in [1.82, 2.24) is 20.2 Å². The average Bonchev–Trinajstić information content (AvgIpc) is 3.19. The molecule has 0 fully saturated rings. The van der Waals surface area contributed by atoms with Crippen molar-refractivity contribution < 1.29 is 33.8 Å². The maximum absolute atomic E-state index is 14.4. The highest BCUT2D eigenvalue weighted by Gasteiger charge is 2.36. The number of benzene rings is 2. The van der Waals surface area contributed by atoms with Crippen molar-refractivity contribution in [2.45, 2.75) is 92.2 Å². The third kappa shape index (κ3) is 12.3. The van der Waals surface area contributed by atoms with E-state index in [0.29, 0.717) is 33.7 Å². The largest absolute Gasteiger partial charge is 0.507 e. The third-order valence-electron chi connectivity index (χ3n) is 9.89. The number of nitrogens with one attached hydrogen (secondary N) is 2. The van der Waals surface area contributed by atoms with E-state index in [9.17, 15) is 29.1 Å². The van der Waals surface area contributed by atoms with Crippen LogP contribution in [-0.2, 0) is 25.6 Å². The first-order valence-corrected chi connectivity index (χ1v) is 19.5. The molecule has 4 atom stereocenters. The maximum atomic E-state index is 14.4. The van der Waals surface area contributed by atoms with Gasteiger partial charge < -0.3 is 36.9 Å². The second kappa shape index (κ2) is 21.3. The van der Waals surface area contributed by atoms with Gasteiger partial charge in [0.05, 0.1) is 11.6 Å². The van der Waals surface area contributed by atoms with Gasteiger partial charge in [0.1, 0.15) is 30.5 Å². The first-order chi connectivity index (χ1) is 27.0. The fourth-order valence-corrected chi connectivity index (χ4v) is 6.59. The number of Topliss-reactive ketones (excluding diaryl/α,β-unsaturated/α-hetero) is 3. The molecule has 57 heavy (non-hydrogen) atoms. The Morgan fingerprint density at radius 2 is 1.68 bits per heavy atom. The lowest BCUT2D eigenvalue weighted by Gasteiger charge is -2.32. The molecule has 2 amide bonds. The van der Waals surface area contributed by atoms with E-state index in [1.165, 1.54) is 36.7 Å². The van der Waals surface area contributed by atoms with Crippen molar-refractivity contribution in [2.75, 3.05) is 26.7 Å². The first-order valence-electron chi connectivity index (χ1n) is 19.5. The van der Waals surface area contributed by atoms with Crippen LogP contribution in [0.1, 0.15) is 101 Å².